The summed E-state index contributed by atoms with van der Waals surface area (Å²) in [5.41, 5.74) is 0. The minimum Gasteiger partial charge on any atom is -0.490 e. The molecular weight excluding hydrogens is 164 g/mol. The first-order valence-electron chi connectivity index (χ1n) is 4.77. The summed E-state index contributed by atoms with van der Waals surface area (Å²) in [4.78, 5) is 11.7. The third-order valence-electron chi connectivity index (χ3n) is 2.21. The van der Waals surface area contributed by atoms with Crippen LogP contribution in [0.1, 0.15) is 26.2 Å². The van der Waals surface area contributed by atoms with Crippen molar-refractivity contribution < 1.29 is 9.53 Å². The standard InChI is InChI=1S/C11H16O2/c1-3-6-9-7-5-8-10(11(9)12)13-4-2/h3,8-9H,1,4-7H2,2H3. The fourth-order valence-corrected chi connectivity index (χ4v) is 1.56. The van der Waals surface area contributed by atoms with Crippen LogP contribution in [0.5, 0.6) is 0 Å². The zero-order valence-electron chi connectivity index (χ0n) is 8.08. The molecule has 1 aliphatic carbocycles. The molecule has 0 spiro atoms. The van der Waals surface area contributed by atoms with Crippen molar-refractivity contribution in [1.29, 1.82) is 0 Å². The van der Waals surface area contributed by atoms with Crippen LogP contribution in [0, 0.1) is 5.92 Å². The van der Waals surface area contributed by atoms with E-state index >= 15 is 0 Å². The Balaban J connectivity index is 2.61. The molecule has 0 fully saturated rings. The van der Waals surface area contributed by atoms with Crippen molar-refractivity contribution in [2.24, 2.45) is 5.92 Å². The number of rotatable bonds is 4. The average molecular weight is 180 g/mol. The van der Waals surface area contributed by atoms with E-state index in [1.54, 1.807) is 6.08 Å². The number of Topliss-reactive ketones (excluding diaryl/α,β-unsaturated/α-hetero) is 1. The molecule has 0 radical (unpaired) electrons. The van der Waals surface area contributed by atoms with Crippen LogP contribution in [0.3, 0.4) is 0 Å². The molecule has 0 aromatic carbocycles. The largest absolute Gasteiger partial charge is 0.490 e. The van der Waals surface area contributed by atoms with E-state index in [0.29, 0.717) is 12.4 Å². The van der Waals surface area contributed by atoms with Crippen molar-refractivity contribution in [2.75, 3.05) is 6.61 Å². The summed E-state index contributed by atoms with van der Waals surface area (Å²) in [5, 5.41) is 0. The van der Waals surface area contributed by atoms with Gasteiger partial charge in [0.25, 0.3) is 0 Å². The van der Waals surface area contributed by atoms with Crippen LogP contribution >= 0.6 is 0 Å². The number of ketones is 1. The maximum absolute atomic E-state index is 11.7. The Morgan fingerprint density at radius 2 is 2.54 bits per heavy atom. The number of hydrogen-bond donors (Lipinski definition) is 0. The highest BCUT2D eigenvalue weighted by molar-refractivity contribution is 5.96. The van der Waals surface area contributed by atoms with E-state index in [0.717, 1.165) is 19.3 Å². The molecule has 1 unspecified atom stereocenters. The zero-order chi connectivity index (χ0) is 9.68. The minimum atomic E-state index is 0.101. The van der Waals surface area contributed by atoms with Crippen molar-refractivity contribution >= 4 is 5.78 Å². The van der Waals surface area contributed by atoms with Crippen LogP contribution in [-0.2, 0) is 9.53 Å². The van der Waals surface area contributed by atoms with Gasteiger partial charge in [0, 0.05) is 5.92 Å². The van der Waals surface area contributed by atoms with E-state index in [4.69, 9.17) is 4.74 Å². The molecule has 0 bridgehead atoms. The Bertz CT molecular complexity index is 228. The van der Waals surface area contributed by atoms with Crippen LogP contribution in [-0.4, -0.2) is 12.4 Å². The van der Waals surface area contributed by atoms with Crippen molar-refractivity contribution in [1.82, 2.24) is 0 Å². The maximum Gasteiger partial charge on any atom is 0.200 e. The van der Waals surface area contributed by atoms with Gasteiger partial charge in [0.2, 0.25) is 0 Å². The summed E-state index contributed by atoms with van der Waals surface area (Å²) in [6.07, 6.45) is 6.34. The quantitative estimate of drug-likeness (QED) is 0.621. The lowest BCUT2D eigenvalue weighted by Gasteiger charge is -2.19. The lowest BCUT2D eigenvalue weighted by Crippen LogP contribution is -2.21. The minimum absolute atomic E-state index is 0.101. The number of allylic oxidation sites excluding steroid dienone is 3. The first-order valence-corrected chi connectivity index (χ1v) is 4.77. The molecule has 0 saturated carbocycles. The molecule has 72 valence electrons. The zero-order valence-corrected chi connectivity index (χ0v) is 8.08. The van der Waals surface area contributed by atoms with E-state index in [1.165, 1.54) is 0 Å². The predicted molar refractivity (Wildman–Crippen MR) is 52.3 cm³/mol. The monoisotopic (exact) mass is 180 g/mol. The molecule has 2 nitrogen and oxygen atoms in total. The highest BCUT2D eigenvalue weighted by Crippen LogP contribution is 2.24. The van der Waals surface area contributed by atoms with Gasteiger partial charge < -0.3 is 4.74 Å². The van der Waals surface area contributed by atoms with Gasteiger partial charge in [0.1, 0.15) is 0 Å². The van der Waals surface area contributed by atoms with E-state index in [-0.39, 0.29) is 11.7 Å². The molecule has 0 aromatic heterocycles. The van der Waals surface area contributed by atoms with Crippen molar-refractivity contribution in [3.8, 4) is 0 Å². The number of hydrogen-bond acceptors (Lipinski definition) is 2. The summed E-state index contributed by atoms with van der Waals surface area (Å²) in [6.45, 7) is 6.11. The molecular formula is C11H16O2. The summed E-state index contributed by atoms with van der Waals surface area (Å²) in [5.74, 6) is 0.803. The fourth-order valence-electron chi connectivity index (χ4n) is 1.56. The maximum atomic E-state index is 11.7. The van der Waals surface area contributed by atoms with Gasteiger partial charge in [-0.2, -0.15) is 0 Å². The molecule has 0 aromatic rings. The first-order chi connectivity index (χ1) is 6.29. The summed E-state index contributed by atoms with van der Waals surface area (Å²) < 4.78 is 5.25. The summed E-state index contributed by atoms with van der Waals surface area (Å²) in [6, 6.07) is 0. The molecule has 0 amide bonds. The average Bonchev–Trinajstić information content (AvgIpc) is 2.13. The van der Waals surface area contributed by atoms with Gasteiger partial charge in [-0.05, 0) is 32.3 Å². The second-order valence-corrected chi connectivity index (χ2v) is 3.16. The second kappa shape index (κ2) is 4.85. The second-order valence-electron chi connectivity index (χ2n) is 3.16. The highest BCUT2D eigenvalue weighted by Gasteiger charge is 2.24. The predicted octanol–water partition coefficient (Wildman–Crippen LogP) is 2.46. The van der Waals surface area contributed by atoms with E-state index in [1.807, 2.05) is 13.0 Å². The van der Waals surface area contributed by atoms with Crippen LogP contribution in [0.4, 0.5) is 0 Å². The molecule has 1 atom stereocenters. The Labute approximate surface area is 79.3 Å². The summed E-state index contributed by atoms with van der Waals surface area (Å²) >= 11 is 0. The van der Waals surface area contributed by atoms with Crippen LogP contribution in [0.15, 0.2) is 24.5 Å². The third kappa shape index (κ3) is 2.44. The van der Waals surface area contributed by atoms with Gasteiger partial charge in [-0.1, -0.05) is 6.08 Å². The Morgan fingerprint density at radius 1 is 1.77 bits per heavy atom. The molecule has 0 N–H and O–H groups in total. The molecule has 2 heteroatoms. The highest BCUT2D eigenvalue weighted by atomic mass is 16.5. The van der Waals surface area contributed by atoms with Gasteiger partial charge in [-0.15, -0.1) is 6.58 Å². The molecule has 0 heterocycles. The molecule has 0 aliphatic heterocycles. The smallest absolute Gasteiger partial charge is 0.200 e. The van der Waals surface area contributed by atoms with E-state index in [9.17, 15) is 4.79 Å². The Hall–Kier alpha value is -1.05. The normalized spacial score (nSPS) is 22.4. The van der Waals surface area contributed by atoms with Gasteiger partial charge in [-0.25, -0.2) is 0 Å². The van der Waals surface area contributed by atoms with Gasteiger partial charge in [-0.3, -0.25) is 4.79 Å². The van der Waals surface area contributed by atoms with Crippen molar-refractivity contribution in [2.45, 2.75) is 26.2 Å². The number of carbonyl (C=O) groups excluding carboxylic acids is 1. The SMILES string of the molecule is C=CCC1CCC=C(OCC)C1=O. The van der Waals surface area contributed by atoms with Gasteiger partial charge >= 0.3 is 0 Å². The number of carbonyl (C=O) groups is 1. The van der Waals surface area contributed by atoms with Crippen molar-refractivity contribution in [3.05, 3.63) is 24.5 Å². The van der Waals surface area contributed by atoms with Gasteiger partial charge in [0.05, 0.1) is 6.61 Å². The van der Waals surface area contributed by atoms with Gasteiger partial charge in [0.15, 0.2) is 11.5 Å². The lowest BCUT2D eigenvalue weighted by atomic mass is 9.89. The van der Waals surface area contributed by atoms with Crippen LogP contribution < -0.4 is 0 Å². The molecule has 1 aliphatic rings. The fraction of sp³-hybridized carbons (Fsp3) is 0.545. The van der Waals surface area contributed by atoms with E-state index < -0.39 is 0 Å². The van der Waals surface area contributed by atoms with E-state index in [2.05, 4.69) is 6.58 Å². The summed E-state index contributed by atoms with van der Waals surface area (Å²) in [7, 11) is 0. The van der Waals surface area contributed by atoms with Crippen LogP contribution in [0.25, 0.3) is 0 Å². The lowest BCUT2D eigenvalue weighted by molar-refractivity contribution is -0.123. The Kier molecular flexibility index (Phi) is 3.74. The topological polar surface area (TPSA) is 26.3 Å². The Morgan fingerprint density at radius 3 is 3.15 bits per heavy atom. The van der Waals surface area contributed by atoms with Crippen molar-refractivity contribution in [3.63, 3.8) is 0 Å². The molecule has 1 rings (SSSR count). The molecule has 13 heavy (non-hydrogen) atoms. The number of ether oxygens (including phenoxy) is 1. The van der Waals surface area contributed by atoms with Crippen LogP contribution in [0.2, 0.25) is 0 Å². The first kappa shape index (κ1) is 10.0. The third-order valence-corrected chi connectivity index (χ3v) is 2.21. The molecule has 0 saturated heterocycles.